The van der Waals surface area contributed by atoms with Crippen LogP contribution in [0.15, 0.2) is 24.3 Å². The molecule has 0 spiro atoms. The molecule has 0 aromatic heterocycles. The Morgan fingerprint density at radius 3 is 2.81 bits per heavy atom. The summed E-state index contributed by atoms with van der Waals surface area (Å²) in [5, 5.41) is 6.69. The third-order valence-corrected chi connectivity index (χ3v) is 4.93. The second-order valence-corrected chi connectivity index (χ2v) is 6.67. The minimum absolute atomic E-state index is 0.000963. The lowest BCUT2D eigenvalue weighted by atomic mass is 9.86. The summed E-state index contributed by atoms with van der Waals surface area (Å²) >= 11 is 0. The highest BCUT2D eigenvalue weighted by molar-refractivity contribution is 5.86. The Morgan fingerprint density at radius 1 is 1.24 bits per heavy atom. The van der Waals surface area contributed by atoms with E-state index in [-0.39, 0.29) is 11.8 Å². The first kappa shape index (κ1) is 14.4. The highest BCUT2D eigenvalue weighted by Gasteiger charge is 2.29. The van der Waals surface area contributed by atoms with Crippen molar-refractivity contribution < 1.29 is 4.79 Å². The summed E-state index contributed by atoms with van der Waals surface area (Å²) in [4.78, 5) is 12.6. The van der Waals surface area contributed by atoms with Gasteiger partial charge in [0.2, 0.25) is 5.91 Å². The summed E-state index contributed by atoms with van der Waals surface area (Å²) in [6, 6.07) is 8.56. The van der Waals surface area contributed by atoms with Crippen LogP contribution in [0, 0.1) is 5.92 Å². The molecule has 1 aromatic rings. The monoisotopic (exact) mass is 286 g/mol. The van der Waals surface area contributed by atoms with E-state index >= 15 is 0 Å². The second-order valence-electron chi connectivity index (χ2n) is 6.67. The average molecular weight is 286 g/mol. The topological polar surface area (TPSA) is 41.1 Å². The minimum Gasteiger partial charge on any atom is -0.382 e. The molecule has 3 nitrogen and oxygen atoms in total. The zero-order valence-electron chi connectivity index (χ0n) is 12.9. The van der Waals surface area contributed by atoms with Crippen LogP contribution in [0.2, 0.25) is 0 Å². The number of rotatable bonds is 3. The smallest absolute Gasteiger partial charge is 0.227 e. The van der Waals surface area contributed by atoms with E-state index in [1.54, 1.807) is 0 Å². The number of carbonyl (C=O) groups is 1. The van der Waals surface area contributed by atoms with Gasteiger partial charge < -0.3 is 10.6 Å². The zero-order chi connectivity index (χ0) is 14.7. The van der Waals surface area contributed by atoms with Crippen molar-refractivity contribution in [3.63, 3.8) is 0 Å². The van der Waals surface area contributed by atoms with E-state index in [9.17, 15) is 4.79 Å². The fourth-order valence-electron chi connectivity index (χ4n) is 3.74. The maximum Gasteiger partial charge on any atom is 0.227 e. The molecule has 2 N–H and O–H groups in total. The van der Waals surface area contributed by atoms with Crippen LogP contribution in [-0.2, 0) is 4.79 Å². The van der Waals surface area contributed by atoms with Gasteiger partial charge in [-0.2, -0.15) is 0 Å². The van der Waals surface area contributed by atoms with Crippen LogP contribution in [0.1, 0.15) is 56.9 Å². The summed E-state index contributed by atoms with van der Waals surface area (Å²) in [5.74, 6) is 0.902. The van der Waals surface area contributed by atoms with Crippen LogP contribution in [-0.4, -0.2) is 18.5 Å². The molecule has 2 aliphatic rings. The summed E-state index contributed by atoms with van der Waals surface area (Å²) in [6.45, 7) is 3.01. The van der Waals surface area contributed by atoms with Crippen molar-refractivity contribution in [1.29, 1.82) is 0 Å². The van der Waals surface area contributed by atoms with Crippen LogP contribution in [0.3, 0.4) is 0 Å². The quantitative estimate of drug-likeness (QED) is 0.890. The van der Waals surface area contributed by atoms with E-state index in [1.165, 1.54) is 32.1 Å². The van der Waals surface area contributed by atoms with E-state index in [1.807, 2.05) is 12.1 Å². The van der Waals surface area contributed by atoms with E-state index in [0.29, 0.717) is 12.0 Å². The van der Waals surface area contributed by atoms with Crippen molar-refractivity contribution in [3.8, 4) is 0 Å². The van der Waals surface area contributed by atoms with Crippen molar-refractivity contribution in [3.05, 3.63) is 29.8 Å². The SMILES string of the molecule is CC1CC(C(=O)NCC2CCCCC2)c2ccccc2N1. The molecule has 1 heterocycles. The highest BCUT2D eigenvalue weighted by Crippen LogP contribution is 2.34. The Hall–Kier alpha value is -1.51. The summed E-state index contributed by atoms with van der Waals surface area (Å²) < 4.78 is 0. The largest absolute Gasteiger partial charge is 0.382 e. The third kappa shape index (κ3) is 3.39. The molecule has 21 heavy (non-hydrogen) atoms. The lowest BCUT2D eigenvalue weighted by molar-refractivity contribution is -0.123. The lowest BCUT2D eigenvalue weighted by Gasteiger charge is -2.31. The number of hydrogen-bond acceptors (Lipinski definition) is 2. The molecule has 1 aromatic carbocycles. The molecule has 2 unspecified atom stereocenters. The first-order chi connectivity index (χ1) is 10.2. The molecule has 1 aliphatic heterocycles. The number of nitrogens with one attached hydrogen (secondary N) is 2. The molecule has 1 amide bonds. The Morgan fingerprint density at radius 2 is 2.00 bits per heavy atom. The van der Waals surface area contributed by atoms with Crippen molar-refractivity contribution in [2.75, 3.05) is 11.9 Å². The number of benzene rings is 1. The maximum atomic E-state index is 12.6. The van der Waals surface area contributed by atoms with Crippen molar-refractivity contribution >= 4 is 11.6 Å². The van der Waals surface area contributed by atoms with Gasteiger partial charge in [-0.15, -0.1) is 0 Å². The van der Waals surface area contributed by atoms with Gasteiger partial charge in [0, 0.05) is 18.3 Å². The molecule has 0 radical (unpaired) electrons. The normalized spacial score (nSPS) is 25.8. The van der Waals surface area contributed by atoms with E-state index in [4.69, 9.17) is 0 Å². The van der Waals surface area contributed by atoms with Crippen LogP contribution in [0.25, 0.3) is 0 Å². The van der Waals surface area contributed by atoms with Gasteiger partial charge in [-0.3, -0.25) is 4.79 Å². The first-order valence-electron chi connectivity index (χ1n) is 8.37. The molecule has 114 valence electrons. The molecule has 3 heteroatoms. The fourth-order valence-corrected chi connectivity index (χ4v) is 3.74. The molecule has 1 aliphatic carbocycles. The van der Waals surface area contributed by atoms with Crippen LogP contribution < -0.4 is 10.6 Å². The number of anilines is 1. The van der Waals surface area contributed by atoms with Crippen LogP contribution in [0.5, 0.6) is 0 Å². The Kier molecular flexibility index (Phi) is 4.47. The Bertz CT molecular complexity index is 494. The van der Waals surface area contributed by atoms with E-state index in [2.05, 4.69) is 29.7 Å². The molecule has 0 saturated heterocycles. The van der Waals surface area contributed by atoms with Crippen molar-refractivity contribution in [2.45, 2.75) is 57.4 Å². The van der Waals surface area contributed by atoms with Gasteiger partial charge in [0.05, 0.1) is 5.92 Å². The Labute approximate surface area is 127 Å². The summed E-state index contributed by atoms with van der Waals surface area (Å²) in [5.41, 5.74) is 2.27. The molecule has 3 rings (SSSR count). The van der Waals surface area contributed by atoms with Gasteiger partial charge in [-0.1, -0.05) is 37.5 Å². The number of fused-ring (bicyclic) bond motifs is 1. The zero-order valence-corrected chi connectivity index (χ0v) is 12.9. The number of amides is 1. The number of para-hydroxylation sites is 1. The molecule has 1 saturated carbocycles. The number of hydrogen-bond donors (Lipinski definition) is 2. The minimum atomic E-state index is 0.000963. The second kappa shape index (κ2) is 6.50. The van der Waals surface area contributed by atoms with Gasteiger partial charge >= 0.3 is 0 Å². The lowest BCUT2D eigenvalue weighted by Crippen LogP contribution is -2.38. The molecular weight excluding hydrogens is 260 g/mol. The Balaban J connectivity index is 1.64. The van der Waals surface area contributed by atoms with Crippen LogP contribution in [0.4, 0.5) is 5.69 Å². The molecule has 1 fully saturated rings. The standard InChI is InChI=1S/C18H26N2O/c1-13-11-16(15-9-5-6-10-17(15)20-13)18(21)19-12-14-7-3-2-4-8-14/h5-6,9-10,13-14,16,20H,2-4,7-8,11-12H2,1H3,(H,19,21). The van der Waals surface area contributed by atoms with Gasteiger partial charge in [-0.25, -0.2) is 0 Å². The van der Waals surface area contributed by atoms with Crippen molar-refractivity contribution in [1.82, 2.24) is 5.32 Å². The van der Waals surface area contributed by atoms with Crippen LogP contribution >= 0.6 is 0 Å². The first-order valence-corrected chi connectivity index (χ1v) is 8.37. The van der Waals surface area contributed by atoms with Gasteiger partial charge in [-0.05, 0) is 43.7 Å². The predicted octanol–water partition coefficient (Wildman–Crippen LogP) is 3.67. The van der Waals surface area contributed by atoms with Crippen molar-refractivity contribution in [2.24, 2.45) is 5.92 Å². The van der Waals surface area contributed by atoms with Gasteiger partial charge in [0.1, 0.15) is 0 Å². The predicted molar refractivity (Wildman–Crippen MR) is 86.5 cm³/mol. The van der Waals surface area contributed by atoms with Gasteiger partial charge in [0.15, 0.2) is 0 Å². The molecular formula is C18H26N2O. The van der Waals surface area contributed by atoms with Gasteiger partial charge in [0.25, 0.3) is 0 Å². The maximum absolute atomic E-state index is 12.6. The fraction of sp³-hybridized carbons (Fsp3) is 0.611. The number of carbonyl (C=O) groups excluding carboxylic acids is 1. The third-order valence-electron chi connectivity index (χ3n) is 4.93. The highest BCUT2D eigenvalue weighted by atomic mass is 16.1. The molecule has 0 bridgehead atoms. The summed E-state index contributed by atoms with van der Waals surface area (Å²) in [6.07, 6.45) is 7.46. The van der Waals surface area contributed by atoms with E-state index < -0.39 is 0 Å². The van der Waals surface area contributed by atoms with E-state index in [0.717, 1.165) is 24.2 Å². The summed E-state index contributed by atoms with van der Waals surface area (Å²) in [7, 11) is 0. The average Bonchev–Trinajstić information content (AvgIpc) is 2.52. The molecule has 2 atom stereocenters.